The molecule has 1 heterocycles. The van der Waals surface area contributed by atoms with E-state index in [2.05, 4.69) is 21.5 Å². The molecule has 0 unspecified atom stereocenters. The molecule has 1 aromatic heterocycles. The van der Waals surface area contributed by atoms with Gasteiger partial charge in [0.25, 0.3) is 0 Å². The number of aryl methyl sites for hydroxylation is 2. The van der Waals surface area contributed by atoms with Crippen LogP contribution >= 0.6 is 0 Å². The summed E-state index contributed by atoms with van der Waals surface area (Å²) in [6.07, 6.45) is 0. The summed E-state index contributed by atoms with van der Waals surface area (Å²) < 4.78 is 22.0. The monoisotopic (exact) mass is 421 g/mol. The van der Waals surface area contributed by atoms with Gasteiger partial charge in [0.1, 0.15) is 24.7 Å². The number of hydrogen-bond donors (Lipinski definition) is 0. The van der Waals surface area contributed by atoms with Crippen LogP contribution in [0, 0.1) is 13.8 Å². The van der Waals surface area contributed by atoms with Crippen LogP contribution in [0.3, 0.4) is 0 Å². The van der Waals surface area contributed by atoms with E-state index in [9.17, 15) is 4.79 Å². The first-order chi connectivity index (χ1) is 14.9. The summed E-state index contributed by atoms with van der Waals surface area (Å²) in [6, 6.07) is 14.9. The zero-order chi connectivity index (χ0) is 22.2. The van der Waals surface area contributed by atoms with Crippen molar-refractivity contribution < 1.29 is 23.7 Å². The normalized spacial score (nSPS) is 10.3. The SMILES string of the molecule is C=C(C)C(=O)OCCOc1nc(Oc2cccc(C)c2)nc(Oc2cccc(C)c2)n1. The maximum absolute atomic E-state index is 11.5. The maximum Gasteiger partial charge on any atom is 0.333 e. The van der Waals surface area contributed by atoms with Gasteiger partial charge in [-0.2, -0.15) is 0 Å². The molecule has 8 nitrogen and oxygen atoms in total. The molecular weight excluding hydrogens is 398 g/mol. The third kappa shape index (κ3) is 6.81. The van der Waals surface area contributed by atoms with Crippen LogP contribution in [-0.2, 0) is 9.53 Å². The molecule has 0 aliphatic carbocycles. The number of carbonyl (C=O) groups excluding carboxylic acids is 1. The highest BCUT2D eigenvalue weighted by atomic mass is 16.6. The maximum atomic E-state index is 11.5. The lowest BCUT2D eigenvalue weighted by Gasteiger charge is -2.10. The molecule has 31 heavy (non-hydrogen) atoms. The van der Waals surface area contributed by atoms with Gasteiger partial charge >= 0.3 is 24.0 Å². The Balaban J connectivity index is 1.77. The second-order valence-corrected chi connectivity index (χ2v) is 6.78. The Morgan fingerprint density at radius 2 is 1.35 bits per heavy atom. The lowest BCUT2D eigenvalue weighted by molar-refractivity contribution is -0.139. The minimum absolute atomic E-state index is 0.0113. The van der Waals surface area contributed by atoms with Gasteiger partial charge in [-0.25, -0.2) is 4.79 Å². The quantitative estimate of drug-likeness (QED) is 0.282. The van der Waals surface area contributed by atoms with Crippen LogP contribution in [0.5, 0.6) is 29.5 Å². The van der Waals surface area contributed by atoms with Crippen molar-refractivity contribution in [1.82, 2.24) is 15.0 Å². The molecule has 0 N–H and O–H groups in total. The first-order valence-corrected chi connectivity index (χ1v) is 9.59. The van der Waals surface area contributed by atoms with Crippen molar-refractivity contribution in [2.75, 3.05) is 13.2 Å². The fourth-order valence-corrected chi connectivity index (χ4v) is 2.44. The van der Waals surface area contributed by atoms with E-state index >= 15 is 0 Å². The highest BCUT2D eigenvalue weighted by Crippen LogP contribution is 2.25. The average Bonchev–Trinajstić information content (AvgIpc) is 2.71. The van der Waals surface area contributed by atoms with Crippen LogP contribution in [0.4, 0.5) is 0 Å². The van der Waals surface area contributed by atoms with Crippen LogP contribution in [-0.4, -0.2) is 34.1 Å². The Morgan fingerprint density at radius 1 is 0.839 bits per heavy atom. The molecule has 0 saturated carbocycles. The van der Waals surface area contributed by atoms with Gasteiger partial charge in [0.2, 0.25) is 0 Å². The topological polar surface area (TPSA) is 92.7 Å². The van der Waals surface area contributed by atoms with Gasteiger partial charge in [-0.15, -0.1) is 15.0 Å². The molecule has 0 aliphatic rings. The summed E-state index contributed by atoms with van der Waals surface area (Å²) in [7, 11) is 0. The second kappa shape index (κ2) is 10.2. The number of carbonyl (C=O) groups is 1. The van der Waals surface area contributed by atoms with Crippen molar-refractivity contribution >= 4 is 5.97 Å². The molecule has 0 fully saturated rings. The van der Waals surface area contributed by atoms with Crippen LogP contribution in [0.2, 0.25) is 0 Å². The van der Waals surface area contributed by atoms with E-state index in [1.54, 1.807) is 19.1 Å². The van der Waals surface area contributed by atoms with Crippen molar-refractivity contribution in [3.05, 3.63) is 71.8 Å². The first kappa shape index (κ1) is 21.8. The Bertz CT molecular complexity index is 1020. The summed E-state index contributed by atoms with van der Waals surface area (Å²) in [5.74, 6) is 0.634. The Kier molecular flexibility index (Phi) is 7.16. The molecule has 3 aromatic rings. The van der Waals surface area contributed by atoms with Gasteiger partial charge in [-0.1, -0.05) is 30.8 Å². The van der Waals surface area contributed by atoms with Gasteiger partial charge in [0.15, 0.2) is 0 Å². The second-order valence-electron chi connectivity index (χ2n) is 6.78. The van der Waals surface area contributed by atoms with Gasteiger partial charge in [0, 0.05) is 5.57 Å². The number of hydrogen-bond acceptors (Lipinski definition) is 8. The Labute approximate surface area is 180 Å². The Morgan fingerprint density at radius 3 is 1.84 bits per heavy atom. The number of benzene rings is 2. The van der Waals surface area contributed by atoms with E-state index in [0.717, 1.165) is 11.1 Å². The molecule has 3 rings (SSSR count). The molecular formula is C23H23N3O5. The summed E-state index contributed by atoms with van der Waals surface area (Å²) in [4.78, 5) is 24.0. The number of esters is 1. The molecule has 0 aliphatic heterocycles. The fraction of sp³-hybridized carbons (Fsp3) is 0.217. The van der Waals surface area contributed by atoms with E-state index in [1.165, 1.54) is 0 Å². The molecule has 0 bridgehead atoms. The predicted octanol–water partition coefficient (Wildman–Crippen LogP) is 4.57. The zero-order valence-corrected chi connectivity index (χ0v) is 17.6. The minimum atomic E-state index is -0.494. The van der Waals surface area contributed by atoms with Crippen molar-refractivity contribution in [3.63, 3.8) is 0 Å². The summed E-state index contributed by atoms with van der Waals surface area (Å²) in [6.45, 7) is 9.05. The smallest absolute Gasteiger partial charge is 0.333 e. The molecule has 2 aromatic carbocycles. The summed E-state index contributed by atoms with van der Waals surface area (Å²) in [5, 5.41) is 0. The lowest BCUT2D eigenvalue weighted by Crippen LogP contribution is -2.13. The van der Waals surface area contributed by atoms with Crippen molar-refractivity contribution in [2.24, 2.45) is 0 Å². The number of aromatic nitrogens is 3. The van der Waals surface area contributed by atoms with Gasteiger partial charge in [-0.05, 0) is 56.2 Å². The highest BCUT2D eigenvalue weighted by Gasteiger charge is 2.13. The molecule has 0 saturated heterocycles. The fourth-order valence-electron chi connectivity index (χ4n) is 2.44. The zero-order valence-electron chi connectivity index (χ0n) is 17.6. The van der Waals surface area contributed by atoms with Gasteiger partial charge in [-0.3, -0.25) is 0 Å². The Hall–Kier alpha value is -3.94. The first-order valence-electron chi connectivity index (χ1n) is 9.59. The third-order valence-corrected chi connectivity index (χ3v) is 3.87. The standard InChI is InChI=1S/C23H23N3O5/c1-15(2)20(27)28-11-12-29-21-24-22(30-18-9-5-7-16(3)13-18)26-23(25-21)31-19-10-6-8-17(4)14-19/h5-10,13-14H,1,11-12H2,2-4H3. The summed E-state index contributed by atoms with van der Waals surface area (Å²) in [5.41, 5.74) is 2.36. The van der Waals surface area contributed by atoms with E-state index in [4.69, 9.17) is 18.9 Å². The predicted molar refractivity (Wildman–Crippen MR) is 114 cm³/mol. The third-order valence-electron chi connectivity index (χ3n) is 3.87. The van der Waals surface area contributed by atoms with Crippen molar-refractivity contribution in [2.45, 2.75) is 20.8 Å². The highest BCUT2D eigenvalue weighted by molar-refractivity contribution is 5.86. The minimum Gasteiger partial charge on any atom is -0.460 e. The number of rotatable bonds is 9. The summed E-state index contributed by atoms with van der Waals surface area (Å²) >= 11 is 0. The molecule has 0 atom stereocenters. The van der Waals surface area contributed by atoms with Crippen LogP contribution in [0.25, 0.3) is 0 Å². The van der Waals surface area contributed by atoms with Crippen molar-refractivity contribution in [3.8, 4) is 29.5 Å². The van der Waals surface area contributed by atoms with E-state index < -0.39 is 5.97 Å². The molecule has 0 radical (unpaired) electrons. The van der Waals surface area contributed by atoms with Crippen molar-refractivity contribution in [1.29, 1.82) is 0 Å². The van der Waals surface area contributed by atoms with Crippen LogP contribution < -0.4 is 14.2 Å². The van der Waals surface area contributed by atoms with Crippen LogP contribution in [0.1, 0.15) is 18.1 Å². The van der Waals surface area contributed by atoms with E-state index in [-0.39, 0.29) is 31.2 Å². The van der Waals surface area contributed by atoms with E-state index in [1.807, 2.05) is 50.2 Å². The lowest BCUT2D eigenvalue weighted by atomic mass is 10.2. The van der Waals surface area contributed by atoms with E-state index in [0.29, 0.717) is 17.1 Å². The molecule has 0 amide bonds. The number of nitrogens with zero attached hydrogens (tertiary/aromatic N) is 3. The molecule has 0 spiro atoms. The average molecular weight is 421 g/mol. The van der Waals surface area contributed by atoms with Gasteiger partial charge < -0.3 is 18.9 Å². The molecule has 8 heteroatoms. The number of ether oxygens (including phenoxy) is 4. The van der Waals surface area contributed by atoms with Gasteiger partial charge in [0.05, 0.1) is 0 Å². The largest absolute Gasteiger partial charge is 0.460 e. The molecule has 160 valence electrons. The van der Waals surface area contributed by atoms with Crippen LogP contribution in [0.15, 0.2) is 60.7 Å².